The Morgan fingerprint density at radius 1 is 0.952 bits per heavy atom. The van der Waals surface area contributed by atoms with Crippen molar-refractivity contribution in [1.29, 1.82) is 0 Å². The van der Waals surface area contributed by atoms with Gasteiger partial charge in [0, 0.05) is 49.2 Å². The van der Waals surface area contributed by atoms with Gasteiger partial charge in [-0.15, -0.1) is 0 Å². The van der Waals surface area contributed by atoms with Gasteiger partial charge in [0.25, 0.3) is 0 Å². The van der Waals surface area contributed by atoms with E-state index in [1.165, 1.54) is 31.3 Å². The molecule has 3 fully saturated rings. The van der Waals surface area contributed by atoms with Crippen molar-refractivity contribution in [2.24, 2.45) is 51.3 Å². The lowest BCUT2D eigenvalue weighted by molar-refractivity contribution is -0.168. The molecule has 1 spiro atoms. The monoisotopic (exact) mass is 1150 g/mol. The molecular formula is C69H91N7O8. The Hall–Kier alpha value is -6.19. The number of benzene rings is 3. The highest BCUT2D eigenvalue weighted by Gasteiger charge is 2.64. The first kappa shape index (κ1) is 62.3. The number of β-amino-alcohol motifs (C(OH)–C–C–N with tert-alkyl or cyclic N) is 1. The summed E-state index contributed by atoms with van der Waals surface area (Å²) in [6.45, 7) is 11.8. The van der Waals surface area contributed by atoms with Crippen LogP contribution >= 0.6 is 0 Å². The Labute approximate surface area is 497 Å². The topological polar surface area (TPSA) is 271 Å². The number of nitrogens with one attached hydrogen (secondary N) is 3. The lowest BCUT2D eigenvalue weighted by Crippen LogP contribution is -2.59. The van der Waals surface area contributed by atoms with Crippen molar-refractivity contribution in [2.45, 2.75) is 165 Å². The third-order valence-corrected chi connectivity index (χ3v) is 19.7. The number of carbonyl (C=O) groups is 2. The number of aliphatic hydroxyl groups excluding tert-OH is 3. The predicted molar refractivity (Wildman–Crippen MR) is 330 cm³/mol. The van der Waals surface area contributed by atoms with Crippen LogP contribution in [-0.4, -0.2) is 106 Å². The summed E-state index contributed by atoms with van der Waals surface area (Å²) in [7, 11) is 0. The molecule has 0 aromatic heterocycles. The molecule has 15 heteroatoms. The number of hydrogen-bond donors (Lipinski definition) is 11. The molecule has 1 amide bonds. The van der Waals surface area contributed by atoms with Gasteiger partial charge in [0.1, 0.15) is 24.6 Å². The number of amides is 1. The highest BCUT2D eigenvalue weighted by molar-refractivity contribution is 5.98. The van der Waals surface area contributed by atoms with Crippen LogP contribution in [-0.2, 0) is 33.6 Å². The van der Waals surface area contributed by atoms with Gasteiger partial charge in [0.2, 0.25) is 5.91 Å². The van der Waals surface area contributed by atoms with E-state index in [1.807, 2.05) is 68.5 Å². The van der Waals surface area contributed by atoms with Gasteiger partial charge >= 0.3 is 0 Å². The van der Waals surface area contributed by atoms with Gasteiger partial charge in [-0.3, -0.25) is 19.9 Å². The maximum atomic E-state index is 15.3. The number of nitrogens with zero attached hydrogens (tertiary/aromatic N) is 1. The summed E-state index contributed by atoms with van der Waals surface area (Å²) < 4.78 is 6.30. The summed E-state index contributed by atoms with van der Waals surface area (Å²) in [6.07, 6.45) is 14.0. The first-order chi connectivity index (χ1) is 40.3. The number of allylic oxidation sites excluding steroid dienone is 5. The van der Waals surface area contributed by atoms with Crippen LogP contribution < -0.4 is 33.2 Å². The van der Waals surface area contributed by atoms with E-state index >= 15 is 4.79 Å². The maximum absolute atomic E-state index is 15.3. The van der Waals surface area contributed by atoms with E-state index in [0.29, 0.717) is 86.0 Å². The minimum Gasteiger partial charge on any atom is -0.508 e. The molecule has 6 aliphatic rings. The van der Waals surface area contributed by atoms with E-state index in [2.05, 4.69) is 58.4 Å². The van der Waals surface area contributed by atoms with Crippen molar-refractivity contribution in [3.05, 3.63) is 159 Å². The summed E-state index contributed by atoms with van der Waals surface area (Å²) in [5, 5.41) is 71.5. The molecule has 3 aliphatic carbocycles. The second-order valence-corrected chi connectivity index (χ2v) is 25.2. The zero-order valence-electron chi connectivity index (χ0n) is 49.5. The summed E-state index contributed by atoms with van der Waals surface area (Å²) in [4.78, 5) is 33.9. The van der Waals surface area contributed by atoms with Gasteiger partial charge in [-0.25, -0.2) is 0 Å². The van der Waals surface area contributed by atoms with Gasteiger partial charge in [-0.1, -0.05) is 121 Å². The molecule has 3 aromatic carbocycles. The quantitative estimate of drug-likeness (QED) is 0.0456. The fraction of sp³-hybridized carbons (Fsp3) is 0.522. The molecule has 12 unspecified atom stereocenters. The van der Waals surface area contributed by atoms with E-state index in [1.54, 1.807) is 24.3 Å². The summed E-state index contributed by atoms with van der Waals surface area (Å²) in [5.74, 6) is 4.61. The number of nitrogens with two attached hydrogens (primary N) is 3. The molecule has 9 rings (SSSR count). The van der Waals surface area contributed by atoms with Crippen LogP contribution in [0.3, 0.4) is 0 Å². The number of phenolic OH excluding ortho intramolecular Hbond substituents is 1. The Bertz CT molecular complexity index is 3070. The molecule has 15 nitrogen and oxygen atoms in total. The molecule has 3 aliphatic heterocycles. The molecule has 84 heavy (non-hydrogen) atoms. The van der Waals surface area contributed by atoms with Crippen molar-refractivity contribution in [1.82, 2.24) is 16.0 Å². The van der Waals surface area contributed by atoms with Gasteiger partial charge < -0.3 is 58.1 Å². The molecule has 3 aromatic rings. The zero-order valence-corrected chi connectivity index (χ0v) is 49.5. The SMILES string of the molecule is C=C1C=CC=C(C2CCC3(C4CCC(O)Cc5cccc(c5)CC(C(CN=C(N)N)c5ccc(O)cc5)C(O)CNC5C(=O)NC(N)c6cccc(c65)CC(=O)C(C)=C4CCC3(C)O)C2O)COCC#CCC(C)=CCC1NCC1CCCC1. The Morgan fingerprint density at radius 3 is 2.46 bits per heavy atom. The van der Waals surface area contributed by atoms with Crippen molar-refractivity contribution in [2.75, 3.05) is 32.8 Å². The summed E-state index contributed by atoms with van der Waals surface area (Å²) >= 11 is 0. The number of Topliss-reactive ketones (excluding diaryl/α,β-unsaturated/α-hetero) is 1. The van der Waals surface area contributed by atoms with Gasteiger partial charge in [-0.2, -0.15) is 0 Å². The fourth-order valence-corrected chi connectivity index (χ4v) is 15.0. The molecule has 2 bridgehead atoms. The third-order valence-electron chi connectivity index (χ3n) is 19.7. The van der Waals surface area contributed by atoms with E-state index < -0.39 is 71.1 Å². The average Bonchev–Trinajstić information content (AvgIpc) is 1.94. The minimum atomic E-state index is -1.37. The predicted octanol–water partition coefficient (Wildman–Crippen LogP) is 7.38. The van der Waals surface area contributed by atoms with Crippen LogP contribution in [0.25, 0.3) is 0 Å². The molecule has 450 valence electrons. The highest BCUT2D eigenvalue weighted by atomic mass is 16.5. The van der Waals surface area contributed by atoms with Crippen LogP contribution in [0.4, 0.5) is 0 Å². The van der Waals surface area contributed by atoms with E-state index in [9.17, 15) is 30.3 Å². The number of carbonyl (C=O) groups excluding carboxylic acids is 2. The molecular weight excluding hydrogens is 1050 g/mol. The molecule has 3 saturated carbocycles. The zero-order chi connectivity index (χ0) is 59.7. The second kappa shape index (κ2) is 27.9. The van der Waals surface area contributed by atoms with E-state index in [0.717, 1.165) is 46.4 Å². The van der Waals surface area contributed by atoms with Crippen molar-refractivity contribution in [3.8, 4) is 17.6 Å². The first-order valence-corrected chi connectivity index (χ1v) is 30.6. The first-order valence-electron chi connectivity index (χ1n) is 30.6. The molecule has 3 heterocycles. The molecule has 0 saturated heterocycles. The minimum absolute atomic E-state index is 0.0460. The number of fused-ring (bicyclic) bond motifs is 4. The third kappa shape index (κ3) is 14.4. The van der Waals surface area contributed by atoms with Crippen LogP contribution in [0.2, 0.25) is 0 Å². The number of aromatic hydroxyl groups is 1. The van der Waals surface area contributed by atoms with Crippen molar-refractivity contribution < 1.29 is 39.9 Å². The lowest BCUT2D eigenvalue weighted by atomic mass is 9.52. The largest absolute Gasteiger partial charge is 0.508 e. The average molecular weight is 1150 g/mol. The summed E-state index contributed by atoms with van der Waals surface area (Å²) in [5.41, 5.74) is 24.8. The van der Waals surface area contributed by atoms with Gasteiger partial charge in [0.05, 0.1) is 30.5 Å². The highest BCUT2D eigenvalue weighted by Crippen LogP contribution is 2.63. The number of aliphatic imine (C=N–C) groups is 1. The number of phenols is 1. The fourth-order valence-electron chi connectivity index (χ4n) is 15.0. The molecule has 14 N–H and O–H groups in total. The Morgan fingerprint density at radius 2 is 1.70 bits per heavy atom. The standard InChI is InChI=1S/C69H91N7O8/c1-42-12-7-8-33-84-41-50(19-9-13-43(2)59(28-21-42)73-38-45-14-5-6-15-45)54-30-32-69(64(54)81)58-27-26-52(78)35-46-16-10-17-47(34-46)36-56(57(39-75-67(71)72)48-22-24-51(77)25-23-48)61(80)40-74-63-62-49(18-11-20-55(62)65(70)76-66(63)82)37-60(79)44(3)53(58)29-31-68(69,4)83/h9-11,13,16-25,34,45,52,54,56-59,61,63-65,73-74,77-78,80-81,83H,2,5-6,12,14-15,26-33,35-41,70H2,1,3-4H3,(H,76,82)(H4,71,72,75). The number of aliphatic hydroxyl groups is 4. The molecule has 0 radical (unpaired) electrons. The summed E-state index contributed by atoms with van der Waals surface area (Å²) in [6, 6.07) is 19.3. The van der Waals surface area contributed by atoms with Gasteiger partial charge in [0.15, 0.2) is 11.7 Å². The number of hydrogen-bond acceptors (Lipinski definition) is 12. The molecule has 12 atom stereocenters. The van der Waals surface area contributed by atoms with E-state index in [-0.39, 0.29) is 56.3 Å². The van der Waals surface area contributed by atoms with E-state index in [4.69, 9.17) is 21.9 Å². The van der Waals surface area contributed by atoms with Crippen molar-refractivity contribution in [3.63, 3.8) is 0 Å². The van der Waals surface area contributed by atoms with Crippen LogP contribution in [0.5, 0.6) is 5.75 Å². The number of rotatable bonds is 8. The number of ether oxygens (including phenoxy) is 1. The second-order valence-electron chi connectivity index (χ2n) is 25.2. The van der Waals surface area contributed by atoms with Crippen LogP contribution in [0, 0.1) is 40.9 Å². The number of guanidine groups is 1. The lowest BCUT2D eigenvalue weighted by Gasteiger charge is -2.56. The number of ketones is 1. The maximum Gasteiger partial charge on any atom is 0.243 e. The Balaban J connectivity index is 1.09. The Kier molecular flexibility index (Phi) is 20.7. The van der Waals surface area contributed by atoms with Crippen LogP contribution in [0.15, 0.2) is 130 Å². The normalized spacial score (nSPS) is 31.0. The van der Waals surface area contributed by atoms with Gasteiger partial charge in [-0.05, 0) is 178 Å². The van der Waals surface area contributed by atoms with Crippen LogP contribution in [0.1, 0.15) is 149 Å². The van der Waals surface area contributed by atoms with Crippen molar-refractivity contribution >= 4 is 17.6 Å². The smallest absolute Gasteiger partial charge is 0.243 e.